The smallest absolute Gasteiger partial charge is 0.343 e. The molecular weight excluding hydrogens is 1020 g/mol. The first-order valence-electron chi connectivity index (χ1n) is 32.0. The van der Waals surface area contributed by atoms with Gasteiger partial charge in [-0.15, -0.1) is 0 Å². The highest BCUT2D eigenvalue weighted by molar-refractivity contribution is 6.24. The number of unbranched alkanes of at least 4 members (excludes halogenated alkanes) is 16. The Morgan fingerprint density at radius 2 is 0.780 bits per heavy atom. The number of allylic oxidation sites excluding steroid dienone is 2. The fraction of sp³-hybridized carbons (Fsp3) is 0.507. The minimum Gasteiger partial charge on any atom is -0.493 e. The molecule has 2 unspecified atom stereocenters. The van der Waals surface area contributed by atoms with Gasteiger partial charge in [0, 0.05) is 5.56 Å². The molecule has 0 N–H and O–H groups in total. The Labute approximate surface area is 491 Å². The van der Waals surface area contributed by atoms with Crippen LogP contribution in [-0.4, -0.2) is 37.0 Å². The molecule has 1 saturated heterocycles. The molecule has 2 aliphatic carbocycles. The summed E-state index contributed by atoms with van der Waals surface area (Å²) < 4.78 is 24.3. The lowest BCUT2D eigenvalue weighted by atomic mass is 9.85. The molecule has 0 spiro atoms. The number of ether oxygens (including phenoxy) is 4. The van der Waals surface area contributed by atoms with E-state index < -0.39 is 11.9 Å². The van der Waals surface area contributed by atoms with E-state index in [1.54, 1.807) is 48.5 Å². The van der Waals surface area contributed by atoms with E-state index >= 15 is 0 Å². The Hall–Kier alpha value is -6.48. The van der Waals surface area contributed by atoms with Crippen molar-refractivity contribution in [2.24, 2.45) is 35.5 Å². The second-order valence-electron chi connectivity index (χ2n) is 23.8. The van der Waals surface area contributed by atoms with Crippen molar-refractivity contribution in [2.45, 2.75) is 188 Å². The van der Waals surface area contributed by atoms with E-state index in [9.17, 15) is 19.2 Å². The number of benzene rings is 5. The van der Waals surface area contributed by atoms with E-state index in [0.29, 0.717) is 58.9 Å². The molecule has 1 saturated carbocycles. The highest BCUT2D eigenvalue weighted by Gasteiger charge is 2.60. The van der Waals surface area contributed by atoms with Crippen molar-refractivity contribution >= 4 is 29.4 Å². The zero-order chi connectivity index (χ0) is 57.5. The van der Waals surface area contributed by atoms with Crippen LogP contribution < -0.4 is 23.8 Å². The fourth-order valence-corrected chi connectivity index (χ4v) is 12.6. The van der Waals surface area contributed by atoms with Gasteiger partial charge in [0.1, 0.15) is 23.0 Å². The van der Waals surface area contributed by atoms with Crippen molar-refractivity contribution in [3.63, 3.8) is 0 Å². The molecule has 2 bridgehead atoms. The van der Waals surface area contributed by atoms with E-state index in [0.717, 1.165) is 34.6 Å². The molecule has 2 amide bonds. The molecule has 8 rings (SSSR count). The topological polar surface area (TPSA) is 108 Å². The number of amides is 2. The largest absolute Gasteiger partial charge is 0.493 e. The maximum atomic E-state index is 14.4. The van der Waals surface area contributed by atoms with E-state index in [4.69, 9.17) is 18.9 Å². The van der Waals surface area contributed by atoms with Gasteiger partial charge in [0.25, 0.3) is 0 Å². The second-order valence-corrected chi connectivity index (χ2v) is 23.8. The molecule has 438 valence electrons. The number of fused-ring (bicyclic) bond motifs is 5. The molecule has 2 fully saturated rings. The summed E-state index contributed by atoms with van der Waals surface area (Å²) in [4.78, 5) is 57.1. The molecule has 5 aromatic rings. The van der Waals surface area contributed by atoms with Gasteiger partial charge in [-0.3, -0.25) is 9.59 Å². The number of hydrogen-bond acceptors (Lipinski definition) is 8. The summed E-state index contributed by atoms with van der Waals surface area (Å²) in [6, 6.07) is 34.6. The van der Waals surface area contributed by atoms with Crippen LogP contribution in [-0.2, 0) is 9.59 Å². The number of carbonyl (C=O) groups excluding carboxylic acids is 4. The van der Waals surface area contributed by atoms with Crippen molar-refractivity contribution in [3.8, 4) is 45.3 Å². The minimum absolute atomic E-state index is 0.0510. The zero-order valence-electron chi connectivity index (χ0n) is 49.9. The third-order valence-corrected chi connectivity index (χ3v) is 17.5. The summed E-state index contributed by atoms with van der Waals surface area (Å²) >= 11 is 0. The highest BCUT2D eigenvalue weighted by atomic mass is 16.5. The number of esters is 2. The summed E-state index contributed by atoms with van der Waals surface area (Å²) in [7, 11) is 0. The number of nitrogens with zero attached hydrogens (tertiary/aromatic N) is 1. The average Bonchev–Trinajstić information content (AvgIpc) is 3.17. The van der Waals surface area contributed by atoms with Crippen LogP contribution in [0.1, 0.15) is 209 Å². The molecule has 9 nitrogen and oxygen atoms in total. The van der Waals surface area contributed by atoms with Crippen LogP contribution in [0.2, 0.25) is 0 Å². The monoisotopic (exact) mass is 1110 g/mol. The van der Waals surface area contributed by atoms with Crippen molar-refractivity contribution < 1.29 is 38.1 Å². The second kappa shape index (κ2) is 32.4. The number of carbonyl (C=O) groups is 4. The lowest BCUT2D eigenvalue weighted by molar-refractivity contribution is -0.123. The van der Waals surface area contributed by atoms with Gasteiger partial charge in [-0.25, -0.2) is 14.5 Å². The van der Waals surface area contributed by atoms with Crippen molar-refractivity contribution in [2.75, 3.05) is 18.1 Å². The average molecular weight is 1110 g/mol. The highest BCUT2D eigenvalue weighted by Crippen LogP contribution is 2.54. The van der Waals surface area contributed by atoms with Gasteiger partial charge in [-0.2, -0.15) is 0 Å². The Morgan fingerprint density at radius 1 is 0.427 bits per heavy atom. The molecular formula is C73H93NO8. The Balaban J connectivity index is 0.897. The molecule has 0 radical (unpaired) electrons. The Morgan fingerprint density at radius 3 is 1.20 bits per heavy atom. The van der Waals surface area contributed by atoms with Gasteiger partial charge in [0.05, 0.1) is 41.9 Å². The van der Waals surface area contributed by atoms with Crippen LogP contribution in [0.15, 0.2) is 127 Å². The first kappa shape index (κ1) is 61.6. The van der Waals surface area contributed by atoms with Crippen LogP contribution in [0.25, 0.3) is 22.3 Å². The van der Waals surface area contributed by atoms with Gasteiger partial charge in [-0.1, -0.05) is 205 Å². The Kier molecular flexibility index (Phi) is 24.3. The van der Waals surface area contributed by atoms with Crippen LogP contribution in [0.3, 0.4) is 0 Å². The first-order chi connectivity index (χ1) is 40.2. The van der Waals surface area contributed by atoms with Crippen LogP contribution in [0, 0.1) is 35.5 Å². The van der Waals surface area contributed by atoms with E-state index in [1.165, 1.54) is 159 Å². The van der Waals surface area contributed by atoms with E-state index in [-0.39, 0.29) is 35.5 Å². The zero-order valence-corrected chi connectivity index (χ0v) is 49.9. The van der Waals surface area contributed by atoms with Gasteiger partial charge < -0.3 is 18.9 Å². The van der Waals surface area contributed by atoms with Gasteiger partial charge >= 0.3 is 11.9 Å². The molecule has 1 heterocycles. The normalized spacial score (nSPS) is 17.7. The molecule has 9 heteroatoms. The van der Waals surface area contributed by atoms with Gasteiger partial charge in [0.15, 0.2) is 0 Å². The van der Waals surface area contributed by atoms with Crippen LogP contribution in [0.5, 0.6) is 23.0 Å². The maximum absolute atomic E-state index is 14.4. The predicted octanol–water partition coefficient (Wildman–Crippen LogP) is 19.2. The summed E-state index contributed by atoms with van der Waals surface area (Å²) in [5.74, 6) is 1.46. The van der Waals surface area contributed by atoms with Crippen molar-refractivity contribution in [3.05, 3.63) is 139 Å². The summed E-state index contributed by atoms with van der Waals surface area (Å²) in [6.07, 6.45) is 35.4. The summed E-state index contributed by atoms with van der Waals surface area (Å²) in [5.41, 5.74) is 4.23. The molecule has 1 aliphatic heterocycles. The van der Waals surface area contributed by atoms with Gasteiger partial charge in [0.2, 0.25) is 11.8 Å². The minimum atomic E-state index is -0.497. The quantitative estimate of drug-likeness (QED) is 0.0127. The van der Waals surface area contributed by atoms with Gasteiger partial charge in [-0.05, 0) is 151 Å². The molecule has 0 aromatic heterocycles. The summed E-state index contributed by atoms with van der Waals surface area (Å²) in [6.45, 7) is 10.4. The SMILES string of the molecule is CCCCCCCCC(CCCCCC)COc1ccc(OC(=O)c2ccc(-c3ccc(-c4ccc(C(=O)Oc5ccc(OCC(CCCCCC)CCCCCCCC)cc5)cc4)c(N4C(=O)[C@@H]5[C@H](C4=O)[C@H]4C=C[C@@H]5C4)c3)cc2)cc1. The summed E-state index contributed by atoms with van der Waals surface area (Å²) in [5, 5.41) is 0. The van der Waals surface area contributed by atoms with E-state index in [2.05, 4.69) is 39.8 Å². The number of anilines is 1. The fourth-order valence-electron chi connectivity index (χ4n) is 12.6. The lowest BCUT2D eigenvalue weighted by Crippen LogP contribution is -2.33. The third-order valence-electron chi connectivity index (χ3n) is 17.5. The maximum Gasteiger partial charge on any atom is 0.343 e. The number of imide groups is 1. The molecule has 82 heavy (non-hydrogen) atoms. The van der Waals surface area contributed by atoms with Crippen LogP contribution in [0.4, 0.5) is 5.69 Å². The number of rotatable bonds is 37. The third kappa shape index (κ3) is 17.3. The van der Waals surface area contributed by atoms with Crippen molar-refractivity contribution in [1.29, 1.82) is 0 Å². The lowest BCUT2D eigenvalue weighted by Gasteiger charge is -2.22. The first-order valence-corrected chi connectivity index (χ1v) is 32.0. The number of hydrogen-bond donors (Lipinski definition) is 0. The molecule has 3 aliphatic rings. The molecule has 5 aromatic carbocycles. The standard InChI is InChI=1S/C73H93NO8/c1-5-9-13-17-19-23-27-53(25-21-15-11-7-3)51-79-62-40-44-64(45-41-62)81-72(77)57-33-29-55(30-34-57)59-39-48-66(67(50-59)74-70(75)68-60-37-38-61(49-60)69(68)71(74)76)56-31-35-58(36-32-56)73(78)82-65-46-42-63(43-47-65)80-52-54(26-22-16-12-8-4)28-24-20-18-14-10-6-2/h29-48,50,53-54,60-61,68-69H,5-28,49,51-52H2,1-4H3/t53?,54?,60-,61+,68+,69-. The van der Waals surface area contributed by atoms with Crippen molar-refractivity contribution in [1.82, 2.24) is 0 Å². The van der Waals surface area contributed by atoms with E-state index in [1.807, 2.05) is 66.7 Å². The van der Waals surface area contributed by atoms with Crippen LogP contribution >= 0.6 is 0 Å². The molecule has 6 atom stereocenters. The predicted molar refractivity (Wildman–Crippen MR) is 332 cm³/mol. The Bertz CT molecular complexity index is 2770.